The Balaban J connectivity index is 2.80. The molecule has 0 aliphatic heterocycles. The molecule has 1 rings (SSSR count). The van der Waals surface area contributed by atoms with Crippen LogP contribution in [0.25, 0.3) is 0 Å². The lowest BCUT2D eigenvalue weighted by Gasteiger charge is -2.18. The quantitative estimate of drug-likeness (QED) is 0.843. The highest BCUT2D eigenvalue weighted by molar-refractivity contribution is 9.10. The van der Waals surface area contributed by atoms with E-state index in [0.717, 1.165) is 10.9 Å². The number of benzene rings is 1. The van der Waals surface area contributed by atoms with Gasteiger partial charge in [-0.2, -0.15) is 0 Å². The zero-order chi connectivity index (χ0) is 14.4. The Hall–Kier alpha value is -1.07. The van der Waals surface area contributed by atoms with Crippen molar-refractivity contribution in [3.63, 3.8) is 0 Å². The number of aliphatic hydroxyl groups excluding tert-OH is 1. The summed E-state index contributed by atoms with van der Waals surface area (Å²) in [5, 5.41) is 12.5. The van der Waals surface area contributed by atoms with Crippen LogP contribution in [0.2, 0.25) is 0 Å². The third kappa shape index (κ3) is 4.84. The van der Waals surface area contributed by atoms with E-state index in [9.17, 15) is 9.90 Å². The maximum Gasteiger partial charge on any atom is 0.260 e. The molecule has 0 aliphatic carbocycles. The van der Waals surface area contributed by atoms with Gasteiger partial charge in [0.15, 0.2) is 6.10 Å². The van der Waals surface area contributed by atoms with E-state index in [2.05, 4.69) is 21.2 Å². The fourth-order valence-corrected chi connectivity index (χ4v) is 1.93. The van der Waals surface area contributed by atoms with Gasteiger partial charge in [0.1, 0.15) is 5.75 Å². The van der Waals surface area contributed by atoms with E-state index in [4.69, 9.17) is 4.74 Å². The van der Waals surface area contributed by atoms with Crippen molar-refractivity contribution in [2.45, 2.75) is 39.4 Å². The Morgan fingerprint density at radius 1 is 1.47 bits per heavy atom. The number of ether oxygens (including phenoxy) is 1. The van der Waals surface area contributed by atoms with Crippen LogP contribution < -0.4 is 10.1 Å². The number of carbonyl (C=O) groups excluding carboxylic acids is 1. The molecule has 2 atom stereocenters. The van der Waals surface area contributed by atoms with Gasteiger partial charge in [-0.3, -0.25) is 4.79 Å². The zero-order valence-electron chi connectivity index (χ0n) is 11.4. The number of amides is 1. The fourth-order valence-electron chi connectivity index (χ4n) is 1.59. The van der Waals surface area contributed by atoms with Crippen molar-refractivity contribution in [3.8, 4) is 5.75 Å². The van der Waals surface area contributed by atoms with Gasteiger partial charge >= 0.3 is 0 Å². The topological polar surface area (TPSA) is 58.6 Å². The molecule has 0 fully saturated rings. The second-order valence-corrected chi connectivity index (χ2v) is 5.32. The molecule has 0 saturated carbocycles. The Morgan fingerprint density at radius 2 is 2.16 bits per heavy atom. The Labute approximate surface area is 122 Å². The van der Waals surface area contributed by atoms with Gasteiger partial charge in [0.25, 0.3) is 5.91 Å². The number of aliphatic hydroxyl groups is 1. The predicted octanol–water partition coefficient (Wildman–Crippen LogP) is 2.80. The molecule has 1 aromatic carbocycles. The Bertz CT molecular complexity index is 435. The van der Waals surface area contributed by atoms with Gasteiger partial charge in [-0.15, -0.1) is 0 Å². The van der Waals surface area contributed by atoms with Crippen LogP contribution >= 0.6 is 15.9 Å². The average molecular weight is 330 g/mol. The van der Waals surface area contributed by atoms with Crippen molar-refractivity contribution in [1.29, 1.82) is 0 Å². The molecule has 0 saturated heterocycles. The van der Waals surface area contributed by atoms with Crippen LogP contribution in [0.3, 0.4) is 0 Å². The summed E-state index contributed by atoms with van der Waals surface area (Å²) in [6.45, 7) is 5.98. The highest BCUT2D eigenvalue weighted by atomic mass is 79.9. The van der Waals surface area contributed by atoms with E-state index in [-0.39, 0.29) is 5.91 Å². The van der Waals surface area contributed by atoms with Gasteiger partial charge in [0.2, 0.25) is 0 Å². The summed E-state index contributed by atoms with van der Waals surface area (Å²) in [5.41, 5.74) is 0.665. The molecule has 0 radical (unpaired) electrons. The lowest BCUT2D eigenvalue weighted by molar-refractivity contribution is -0.127. The highest BCUT2D eigenvalue weighted by Crippen LogP contribution is 2.29. The van der Waals surface area contributed by atoms with Gasteiger partial charge in [0, 0.05) is 16.6 Å². The standard InChI is InChI=1S/C14H20BrNO3/c1-4-7-16-14(18)10(3)19-13-8-11(15)5-6-12(13)9(2)17/h5-6,8-10,17H,4,7H2,1-3H3,(H,16,18). The first-order valence-corrected chi connectivity index (χ1v) is 7.16. The van der Waals surface area contributed by atoms with E-state index in [0.29, 0.717) is 17.9 Å². The molecule has 106 valence electrons. The summed E-state index contributed by atoms with van der Waals surface area (Å²) < 4.78 is 6.49. The summed E-state index contributed by atoms with van der Waals surface area (Å²) in [6, 6.07) is 5.36. The molecule has 0 aromatic heterocycles. The summed E-state index contributed by atoms with van der Waals surface area (Å²) in [5.74, 6) is 0.363. The van der Waals surface area contributed by atoms with Gasteiger partial charge in [-0.05, 0) is 32.4 Å². The first kappa shape index (κ1) is 16.0. The van der Waals surface area contributed by atoms with Crippen LogP contribution in [0.1, 0.15) is 38.9 Å². The first-order chi connectivity index (χ1) is 8.95. The highest BCUT2D eigenvalue weighted by Gasteiger charge is 2.17. The van der Waals surface area contributed by atoms with Crippen molar-refractivity contribution in [3.05, 3.63) is 28.2 Å². The van der Waals surface area contributed by atoms with Crippen LogP contribution in [0.15, 0.2) is 22.7 Å². The Kier molecular flexibility index (Phi) is 6.31. The molecule has 0 heterocycles. The summed E-state index contributed by atoms with van der Waals surface area (Å²) >= 11 is 3.35. The van der Waals surface area contributed by atoms with Gasteiger partial charge < -0.3 is 15.2 Å². The average Bonchev–Trinajstić information content (AvgIpc) is 2.35. The number of carbonyl (C=O) groups is 1. The van der Waals surface area contributed by atoms with Gasteiger partial charge in [0.05, 0.1) is 6.10 Å². The van der Waals surface area contributed by atoms with Crippen LogP contribution in [0, 0.1) is 0 Å². The fraction of sp³-hybridized carbons (Fsp3) is 0.500. The van der Waals surface area contributed by atoms with Crippen LogP contribution in [0.5, 0.6) is 5.75 Å². The van der Waals surface area contributed by atoms with Crippen molar-refractivity contribution in [1.82, 2.24) is 5.32 Å². The summed E-state index contributed by atoms with van der Waals surface area (Å²) in [7, 11) is 0. The zero-order valence-corrected chi connectivity index (χ0v) is 13.0. The molecule has 19 heavy (non-hydrogen) atoms. The van der Waals surface area contributed by atoms with E-state index < -0.39 is 12.2 Å². The number of nitrogens with one attached hydrogen (secondary N) is 1. The molecule has 0 spiro atoms. The van der Waals surface area contributed by atoms with Crippen LogP contribution in [-0.2, 0) is 4.79 Å². The minimum atomic E-state index is -0.644. The third-order valence-electron chi connectivity index (χ3n) is 2.65. The normalized spacial score (nSPS) is 13.7. The molecular formula is C14H20BrNO3. The number of rotatable bonds is 6. The molecule has 0 aliphatic rings. The maximum absolute atomic E-state index is 11.8. The smallest absolute Gasteiger partial charge is 0.260 e. The molecule has 2 unspecified atom stereocenters. The molecule has 5 heteroatoms. The first-order valence-electron chi connectivity index (χ1n) is 6.37. The SMILES string of the molecule is CCCNC(=O)C(C)Oc1cc(Br)ccc1C(C)O. The minimum absolute atomic E-state index is 0.154. The van der Waals surface area contributed by atoms with Gasteiger partial charge in [-0.25, -0.2) is 0 Å². The van der Waals surface area contributed by atoms with Gasteiger partial charge in [-0.1, -0.05) is 28.9 Å². The minimum Gasteiger partial charge on any atom is -0.480 e. The molecule has 1 aromatic rings. The molecule has 1 amide bonds. The second kappa shape index (κ2) is 7.50. The molecule has 0 bridgehead atoms. The van der Waals surface area contributed by atoms with E-state index in [1.165, 1.54) is 0 Å². The molecule has 2 N–H and O–H groups in total. The largest absolute Gasteiger partial charge is 0.480 e. The van der Waals surface area contributed by atoms with E-state index in [1.807, 2.05) is 13.0 Å². The monoisotopic (exact) mass is 329 g/mol. The number of halogens is 1. The van der Waals surface area contributed by atoms with Crippen molar-refractivity contribution in [2.24, 2.45) is 0 Å². The van der Waals surface area contributed by atoms with Crippen molar-refractivity contribution >= 4 is 21.8 Å². The second-order valence-electron chi connectivity index (χ2n) is 4.41. The summed E-state index contributed by atoms with van der Waals surface area (Å²) in [6.07, 6.45) is -0.360. The maximum atomic E-state index is 11.8. The lowest BCUT2D eigenvalue weighted by atomic mass is 10.1. The van der Waals surface area contributed by atoms with Crippen molar-refractivity contribution < 1.29 is 14.6 Å². The summed E-state index contributed by atoms with van der Waals surface area (Å²) in [4.78, 5) is 11.8. The van der Waals surface area contributed by atoms with E-state index in [1.54, 1.807) is 26.0 Å². The lowest BCUT2D eigenvalue weighted by Crippen LogP contribution is -2.36. The van der Waals surface area contributed by atoms with E-state index >= 15 is 0 Å². The molecule has 4 nitrogen and oxygen atoms in total. The van der Waals surface area contributed by atoms with Crippen LogP contribution in [-0.4, -0.2) is 23.7 Å². The number of hydrogen-bond acceptors (Lipinski definition) is 3. The van der Waals surface area contributed by atoms with Crippen LogP contribution in [0.4, 0.5) is 0 Å². The molecular weight excluding hydrogens is 310 g/mol. The third-order valence-corrected chi connectivity index (χ3v) is 3.14. The van der Waals surface area contributed by atoms with Crippen molar-refractivity contribution in [2.75, 3.05) is 6.54 Å². The predicted molar refractivity (Wildman–Crippen MR) is 78.2 cm³/mol. The Morgan fingerprint density at radius 3 is 2.74 bits per heavy atom. The number of hydrogen-bond donors (Lipinski definition) is 2.